The number of hydrogen-bond acceptors (Lipinski definition) is 1. The molecule has 1 aliphatic heterocycles. The van der Waals surface area contributed by atoms with Gasteiger partial charge in [-0.15, -0.1) is 0 Å². The van der Waals surface area contributed by atoms with Gasteiger partial charge in [-0.2, -0.15) is 0 Å². The fourth-order valence-corrected chi connectivity index (χ4v) is 3.51. The Morgan fingerprint density at radius 3 is 2.83 bits per heavy atom. The first-order valence-corrected chi connectivity index (χ1v) is 8.35. The summed E-state index contributed by atoms with van der Waals surface area (Å²) in [5, 5.41) is 4.77. The lowest BCUT2D eigenvalue weighted by Crippen LogP contribution is -2.19. The summed E-state index contributed by atoms with van der Waals surface area (Å²) in [7, 11) is 0. The first-order chi connectivity index (χ1) is 11.3. The zero-order valence-electron chi connectivity index (χ0n) is 13.5. The summed E-state index contributed by atoms with van der Waals surface area (Å²) < 4.78 is 2.39. The SMILES string of the molecule is Cc1cccc(Cn2cc(C3=CCNCC3)c3ccccc32)c1. The van der Waals surface area contributed by atoms with Crippen molar-refractivity contribution in [2.24, 2.45) is 0 Å². The Bertz CT molecular complexity index is 870. The molecule has 0 amide bonds. The average Bonchev–Trinajstić information content (AvgIpc) is 2.95. The summed E-state index contributed by atoms with van der Waals surface area (Å²) in [6.07, 6.45) is 5.78. The fraction of sp³-hybridized carbons (Fsp3) is 0.238. The van der Waals surface area contributed by atoms with Gasteiger partial charge in [0.1, 0.15) is 0 Å². The Morgan fingerprint density at radius 1 is 1.09 bits per heavy atom. The van der Waals surface area contributed by atoms with Crippen LogP contribution >= 0.6 is 0 Å². The standard InChI is InChI=1S/C21H22N2/c1-16-5-4-6-17(13-16)14-23-15-20(18-9-11-22-12-10-18)19-7-2-3-8-21(19)23/h2-9,13,15,22H,10-12,14H2,1H3. The van der Waals surface area contributed by atoms with Crippen molar-refractivity contribution in [3.05, 3.63) is 77.5 Å². The minimum absolute atomic E-state index is 0.924. The van der Waals surface area contributed by atoms with Crippen LogP contribution in [0.3, 0.4) is 0 Å². The van der Waals surface area contributed by atoms with Crippen LogP contribution in [-0.4, -0.2) is 17.7 Å². The number of benzene rings is 2. The molecule has 0 spiro atoms. The summed E-state index contributed by atoms with van der Waals surface area (Å²) >= 11 is 0. The van der Waals surface area contributed by atoms with Gasteiger partial charge in [0.2, 0.25) is 0 Å². The van der Waals surface area contributed by atoms with E-state index in [4.69, 9.17) is 0 Å². The first-order valence-electron chi connectivity index (χ1n) is 8.35. The molecule has 1 N–H and O–H groups in total. The predicted molar refractivity (Wildman–Crippen MR) is 97.7 cm³/mol. The number of fused-ring (bicyclic) bond motifs is 1. The maximum Gasteiger partial charge on any atom is 0.0489 e. The molecular weight excluding hydrogens is 280 g/mol. The van der Waals surface area contributed by atoms with Crippen molar-refractivity contribution in [1.82, 2.24) is 9.88 Å². The molecule has 0 aliphatic carbocycles. The van der Waals surface area contributed by atoms with E-state index in [1.807, 2.05) is 0 Å². The molecule has 116 valence electrons. The number of rotatable bonds is 3. The molecule has 4 rings (SSSR count). The van der Waals surface area contributed by atoms with E-state index >= 15 is 0 Å². The number of nitrogens with zero attached hydrogens (tertiary/aromatic N) is 1. The van der Waals surface area contributed by atoms with Crippen molar-refractivity contribution < 1.29 is 0 Å². The van der Waals surface area contributed by atoms with Gasteiger partial charge >= 0.3 is 0 Å². The Kier molecular flexibility index (Phi) is 3.76. The van der Waals surface area contributed by atoms with Crippen LogP contribution in [0.1, 0.15) is 23.1 Å². The van der Waals surface area contributed by atoms with Crippen LogP contribution in [0.4, 0.5) is 0 Å². The number of nitrogens with one attached hydrogen (secondary N) is 1. The summed E-state index contributed by atoms with van der Waals surface area (Å²) in [4.78, 5) is 0. The maximum atomic E-state index is 3.40. The van der Waals surface area contributed by atoms with Crippen molar-refractivity contribution in [2.45, 2.75) is 19.9 Å². The van der Waals surface area contributed by atoms with E-state index in [0.717, 1.165) is 26.1 Å². The third kappa shape index (κ3) is 2.82. The Morgan fingerprint density at radius 2 is 2.00 bits per heavy atom. The molecule has 0 atom stereocenters. The highest BCUT2D eigenvalue weighted by Gasteiger charge is 2.13. The lowest BCUT2D eigenvalue weighted by Gasteiger charge is -2.13. The van der Waals surface area contributed by atoms with Crippen LogP contribution in [0, 0.1) is 6.92 Å². The molecule has 0 unspecified atom stereocenters. The van der Waals surface area contributed by atoms with E-state index in [9.17, 15) is 0 Å². The average molecular weight is 302 g/mol. The lowest BCUT2D eigenvalue weighted by molar-refractivity contribution is 0.738. The second kappa shape index (κ2) is 6.05. The predicted octanol–water partition coefficient (Wildman–Crippen LogP) is 4.37. The van der Waals surface area contributed by atoms with Gasteiger partial charge in [0.15, 0.2) is 0 Å². The third-order valence-electron chi connectivity index (χ3n) is 4.63. The molecule has 2 nitrogen and oxygen atoms in total. The molecule has 3 aromatic rings. The largest absolute Gasteiger partial charge is 0.342 e. The van der Waals surface area contributed by atoms with E-state index < -0.39 is 0 Å². The smallest absolute Gasteiger partial charge is 0.0489 e. The van der Waals surface area contributed by atoms with E-state index in [0.29, 0.717) is 0 Å². The van der Waals surface area contributed by atoms with Gasteiger partial charge in [0.25, 0.3) is 0 Å². The maximum absolute atomic E-state index is 3.40. The molecule has 0 radical (unpaired) electrons. The molecule has 2 heterocycles. The van der Waals surface area contributed by atoms with Crippen LogP contribution in [0.25, 0.3) is 16.5 Å². The third-order valence-corrected chi connectivity index (χ3v) is 4.63. The van der Waals surface area contributed by atoms with Crippen molar-refractivity contribution in [2.75, 3.05) is 13.1 Å². The van der Waals surface area contributed by atoms with Gasteiger partial charge in [-0.25, -0.2) is 0 Å². The highest BCUT2D eigenvalue weighted by molar-refractivity contribution is 5.93. The quantitative estimate of drug-likeness (QED) is 0.760. The van der Waals surface area contributed by atoms with E-state index in [-0.39, 0.29) is 0 Å². The van der Waals surface area contributed by atoms with E-state index in [1.54, 1.807) is 0 Å². The van der Waals surface area contributed by atoms with Gasteiger partial charge < -0.3 is 9.88 Å². The Labute approximate surface area is 137 Å². The monoisotopic (exact) mass is 302 g/mol. The van der Waals surface area contributed by atoms with Crippen molar-refractivity contribution >= 4 is 16.5 Å². The zero-order valence-corrected chi connectivity index (χ0v) is 13.5. The summed E-state index contributed by atoms with van der Waals surface area (Å²) in [6, 6.07) is 17.6. The minimum Gasteiger partial charge on any atom is -0.342 e. The minimum atomic E-state index is 0.924. The summed E-state index contributed by atoms with van der Waals surface area (Å²) in [5.41, 5.74) is 6.87. The molecule has 1 aromatic heterocycles. The normalized spacial score (nSPS) is 14.9. The molecule has 0 saturated carbocycles. The summed E-state index contributed by atoms with van der Waals surface area (Å²) in [6.45, 7) is 5.13. The Balaban J connectivity index is 1.79. The molecule has 0 bridgehead atoms. The van der Waals surface area contributed by atoms with Crippen molar-refractivity contribution in [3.63, 3.8) is 0 Å². The van der Waals surface area contributed by atoms with Gasteiger partial charge in [-0.3, -0.25) is 0 Å². The van der Waals surface area contributed by atoms with Gasteiger partial charge in [-0.05, 0) is 37.1 Å². The molecule has 0 fully saturated rings. The van der Waals surface area contributed by atoms with Gasteiger partial charge in [-0.1, -0.05) is 54.1 Å². The number of para-hydroxylation sites is 1. The van der Waals surface area contributed by atoms with E-state index in [2.05, 4.69) is 77.6 Å². The van der Waals surface area contributed by atoms with Crippen LogP contribution < -0.4 is 5.32 Å². The van der Waals surface area contributed by atoms with Gasteiger partial charge in [0.05, 0.1) is 0 Å². The van der Waals surface area contributed by atoms with Crippen LogP contribution in [0.2, 0.25) is 0 Å². The molecule has 2 aromatic carbocycles. The van der Waals surface area contributed by atoms with Crippen molar-refractivity contribution in [1.29, 1.82) is 0 Å². The first kappa shape index (κ1) is 14.3. The molecule has 1 aliphatic rings. The highest BCUT2D eigenvalue weighted by Crippen LogP contribution is 2.30. The Hall–Kier alpha value is -2.32. The van der Waals surface area contributed by atoms with Crippen LogP contribution in [0.15, 0.2) is 60.8 Å². The zero-order chi connectivity index (χ0) is 15.6. The molecule has 2 heteroatoms. The number of hydrogen-bond donors (Lipinski definition) is 1. The van der Waals surface area contributed by atoms with Crippen molar-refractivity contribution in [3.8, 4) is 0 Å². The summed E-state index contributed by atoms with van der Waals surface area (Å²) in [5.74, 6) is 0. The second-order valence-corrected chi connectivity index (χ2v) is 6.36. The highest BCUT2D eigenvalue weighted by atomic mass is 15.0. The topological polar surface area (TPSA) is 17.0 Å². The number of aryl methyl sites for hydroxylation is 1. The lowest BCUT2D eigenvalue weighted by atomic mass is 10.00. The number of aromatic nitrogens is 1. The fourth-order valence-electron chi connectivity index (χ4n) is 3.51. The molecule has 23 heavy (non-hydrogen) atoms. The van der Waals surface area contributed by atoms with Crippen LogP contribution in [0.5, 0.6) is 0 Å². The molecule has 0 saturated heterocycles. The van der Waals surface area contributed by atoms with Crippen LogP contribution in [-0.2, 0) is 6.54 Å². The van der Waals surface area contributed by atoms with Gasteiger partial charge in [0, 0.05) is 35.8 Å². The second-order valence-electron chi connectivity index (χ2n) is 6.36. The molecular formula is C21H22N2. The van der Waals surface area contributed by atoms with E-state index in [1.165, 1.54) is 33.2 Å².